The molecule has 0 spiro atoms. The molecule has 1 aromatic carbocycles. The van der Waals surface area contributed by atoms with Crippen molar-refractivity contribution >= 4 is 23.2 Å². The number of benzene rings is 1. The Kier molecular flexibility index (Phi) is 6.14. The first-order valence-electron chi connectivity index (χ1n) is 5.50. The number of nitrogens with two attached hydrogens (primary N) is 1. The summed E-state index contributed by atoms with van der Waals surface area (Å²) in [7, 11) is 0. The van der Waals surface area contributed by atoms with E-state index in [-0.39, 0.29) is 6.04 Å². The van der Waals surface area contributed by atoms with Crippen molar-refractivity contribution in [2.45, 2.75) is 25.8 Å². The summed E-state index contributed by atoms with van der Waals surface area (Å²) in [5.41, 5.74) is 6.85. The van der Waals surface area contributed by atoms with Crippen LogP contribution >= 0.6 is 23.2 Å². The van der Waals surface area contributed by atoms with Gasteiger partial charge in [-0.1, -0.05) is 29.3 Å². The van der Waals surface area contributed by atoms with Crippen molar-refractivity contribution in [3.8, 4) is 0 Å². The molecule has 1 atom stereocenters. The first-order chi connectivity index (χ1) is 7.59. The van der Waals surface area contributed by atoms with Gasteiger partial charge in [-0.25, -0.2) is 0 Å². The number of nitrogens with one attached hydrogen (secondary N) is 1. The van der Waals surface area contributed by atoms with E-state index >= 15 is 0 Å². The number of hydrogen-bond acceptors (Lipinski definition) is 2. The molecule has 1 rings (SSSR count). The monoisotopic (exact) mass is 260 g/mol. The van der Waals surface area contributed by atoms with Crippen LogP contribution < -0.4 is 11.1 Å². The molecule has 90 valence electrons. The van der Waals surface area contributed by atoms with Gasteiger partial charge in [0.15, 0.2) is 0 Å². The van der Waals surface area contributed by atoms with E-state index in [1.165, 1.54) is 5.56 Å². The van der Waals surface area contributed by atoms with E-state index in [2.05, 4.69) is 5.32 Å². The van der Waals surface area contributed by atoms with Crippen molar-refractivity contribution in [2.24, 2.45) is 5.73 Å². The average Bonchev–Trinajstić information content (AvgIpc) is 2.22. The second-order valence-corrected chi connectivity index (χ2v) is 4.83. The molecule has 0 amide bonds. The van der Waals surface area contributed by atoms with Crippen molar-refractivity contribution in [3.63, 3.8) is 0 Å². The molecule has 0 fully saturated rings. The van der Waals surface area contributed by atoms with Crippen LogP contribution in [0.4, 0.5) is 0 Å². The maximum absolute atomic E-state index is 5.93. The largest absolute Gasteiger partial charge is 0.328 e. The molecular weight excluding hydrogens is 243 g/mol. The van der Waals surface area contributed by atoms with Crippen LogP contribution in [0.2, 0.25) is 10.0 Å². The standard InChI is InChI=1S/C12H18Cl2N2/c1-9(15)4-6-16-7-5-10-2-3-11(13)12(14)8-10/h2-3,8-9,16H,4-7,15H2,1H3. The minimum Gasteiger partial charge on any atom is -0.328 e. The topological polar surface area (TPSA) is 38.0 Å². The quantitative estimate of drug-likeness (QED) is 0.773. The van der Waals surface area contributed by atoms with Gasteiger partial charge in [-0.15, -0.1) is 0 Å². The highest BCUT2D eigenvalue weighted by molar-refractivity contribution is 6.42. The maximum atomic E-state index is 5.93. The summed E-state index contributed by atoms with van der Waals surface area (Å²) in [4.78, 5) is 0. The summed E-state index contributed by atoms with van der Waals surface area (Å²) in [6.07, 6.45) is 1.96. The predicted octanol–water partition coefficient (Wildman–Crippen LogP) is 2.86. The Balaban J connectivity index is 2.24. The molecule has 1 aromatic rings. The molecule has 0 radical (unpaired) electrons. The lowest BCUT2D eigenvalue weighted by Gasteiger charge is -2.07. The zero-order valence-corrected chi connectivity index (χ0v) is 11.0. The predicted molar refractivity (Wildman–Crippen MR) is 71.3 cm³/mol. The molecule has 3 N–H and O–H groups in total. The van der Waals surface area contributed by atoms with Gasteiger partial charge in [-0.2, -0.15) is 0 Å². The highest BCUT2D eigenvalue weighted by atomic mass is 35.5. The van der Waals surface area contributed by atoms with Gasteiger partial charge in [-0.3, -0.25) is 0 Å². The lowest BCUT2D eigenvalue weighted by Crippen LogP contribution is -2.25. The molecule has 0 aliphatic heterocycles. The van der Waals surface area contributed by atoms with Gasteiger partial charge in [0, 0.05) is 6.04 Å². The SMILES string of the molecule is CC(N)CCNCCc1ccc(Cl)c(Cl)c1. The van der Waals surface area contributed by atoms with Crippen LogP contribution in [0.15, 0.2) is 18.2 Å². The lowest BCUT2D eigenvalue weighted by molar-refractivity contribution is 0.590. The summed E-state index contributed by atoms with van der Waals surface area (Å²) in [5, 5.41) is 4.57. The Labute approximate surface area is 107 Å². The van der Waals surface area contributed by atoms with E-state index < -0.39 is 0 Å². The van der Waals surface area contributed by atoms with Crippen molar-refractivity contribution in [2.75, 3.05) is 13.1 Å². The zero-order chi connectivity index (χ0) is 12.0. The minimum atomic E-state index is 0.262. The molecule has 0 saturated heterocycles. The van der Waals surface area contributed by atoms with Gasteiger partial charge < -0.3 is 11.1 Å². The van der Waals surface area contributed by atoms with Crippen LogP contribution in [0.5, 0.6) is 0 Å². The minimum absolute atomic E-state index is 0.262. The molecule has 0 aliphatic rings. The first-order valence-corrected chi connectivity index (χ1v) is 6.25. The Hall–Kier alpha value is -0.280. The molecule has 0 aromatic heterocycles. The molecule has 16 heavy (non-hydrogen) atoms. The van der Waals surface area contributed by atoms with Gasteiger partial charge in [0.1, 0.15) is 0 Å². The smallest absolute Gasteiger partial charge is 0.0595 e. The summed E-state index contributed by atoms with van der Waals surface area (Å²) in [6.45, 7) is 3.91. The van der Waals surface area contributed by atoms with Crippen LogP contribution in [0, 0.1) is 0 Å². The third-order valence-electron chi connectivity index (χ3n) is 2.35. The van der Waals surface area contributed by atoms with Gasteiger partial charge >= 0.3 is 0 Å². The van der Waals surface area contributed by atoms with E-state index in [4.69, 9.17) is 28.9 Å². The normalized spacial score (nSPS) is 12.8. The van der Waals surface area contributed by atoms with Gasteiger partial charge in [0.25, 0.3) is 0 Å². The third-order valence-corrected chi connectivity index (χ3v) is 3.09. The number of rotatable bonds is 6. The molecule has 0 bridgehead atoms. The van der Waals surface area contributed by atoms with Crippen molar-refractivity contribution in [1.82, 2.24) is 5.32 Å². The molecule has 0 heterocycles. The third kappa shape index (κ3) is 5.17. The fraction of sp³-hybridized carbons (Fsp3) is 0.500. The molecule has 0 aliphatic carbocycles. The van der Waals surface area contributed by atoms with Crippen LogP contribution in [-0.2, 0) is 6.42 Å². The maximum Gasteiger partial charge on any atom is 0.0595 e. The summed E-state index contributed by atoms with van der Waals surface area (Å²) in [6, 6.07) is 6.01. The Morgan fingerprint density at radius 2 is 2.00 bits per heavy atom. The van der Waals surface area contributed by atoms with Crippen LogP contribution in [0.3, 0.4) is 0 Å². The highest BCUT2D eigenvalue weighted by Crippen LogP contribution is 2.22. The highest BCUT2D eigenvalue weighted by Gasteiger charge is 1.99. The van der Waals surface area contributed by atoms with Crippen molar-refractivity contribution in [3.05, 3.63) is 33.8 Å². The molecule has 2 nitrogen and oxygen atoms in total. The molecular formula is C12H18Cl2N2. The average molecular weight is 261 g/mol. The fourth-order valence-corrected chi connectivity index (χ4v) is 1.70. The first kappa shape index (κ1) is 13.8. The molecule has 4 heteroatoms. The molecule has 0 saturated carbocycles. The van der Waals surface area contributed by atoms with Crippen LogP contribution in [0.25, 0.3) is 0 Å². The Morgan fingerprint density at radius 1 is 1.25 bits per heavy atom. The zero-order valence-electron chi connectivity index (χ0n) is 9.47. The van der Waals surface area contributed by atoms with Crippen LogP contribution in [-0.4, -0.2) is 19.1 Å². The Bertz CT molecular complexity index is 327. The second kappa shape index (κ2) is 7.13. The van der Waals surface area contributed by atoms with Crippen molar-refractivity contribution in [1.29, 1.82) is 0 Å². The van der Waals surface area contributed by atoms with E-state index in [1.54, 1.807) is 0 Å². The fourth-order valence-electron chi connectivity index (χ4n) is 1.38. The Morgan fingerprint density at radius 3 is 2.62 bits per heavy atom. The van der Waals surface area contributed by atoms with E-state index in [0.29, 0.717) is 10.0 Å². The van der Waals surface area contributed by atoms with E-state index in [0.717, 1.165) is 25.9 Å². The summed E-state index contributed by atoms with van der Waals surface area (Å²) < 4.78 is 0. The van der Waals surface area contributed by atoms with Gasteiger partial charge in [0.2, 0.25) is 0 Å². The number of hydrogen-bond donors (Lipinski definition) is 2. The molecule has 1 unspecified atom stereocenters. The van der Waals surface area contributed by atoms with E-state index in [1.807, 2.05) is 25.1 Å². The van der Waals surface area contributed by atoms with Gasteiger partial charge in [-0.05, 0) is 50.6 Å². The van der Waals surface area contributed by atoms with E-state index in [9.17, 15) is 0 Å². The van der Waals surface area contributed by atoms with Gasteiger partial charge in [0.05, 0.1) is 10.0 Å². The lowest BCUT2D eigenvalue weighted by atomic mass is 10.1. The van der Waals surface area contributed by atoms with Crippen LogP contribution in [0.1, 0.15) is 18.9 Å². The second-order valence-electron chi connectivity index (χ2n) is 4.01. The van der Waals surface area contributed by atoms with Crippen molar-refractivity contribution < 1.29 is 0 Å². The summed E-state index contributed by atoms with van der Waals surface area (Å²) >= 11 is 11.8. The number of halogens is 2. The summed E-state index contributed by atoms with van der Waals surface area (Å²) in [5.74, 6) is 0.